The van der Waals surface area contributed by atoms with Gasteiger partial charge in [-0.05, 0) is 112 Å². The van der Waals surface area contributed by atoms with Crippen molar-refractivity contribution >= 4 is 5.78 Å². The summed E-state index contributed by atoms with van der Waals surface area (Å²) in [6.45, 7) is 15.9. The predicted octanol–water partition coefficient (Wildman–Crippen LogP) is 7.01. The molecule has 3 rings (SSSR count). The lowest BCUT2D eigenvalue weighted by Crippen LogP contribution is -2.23. The van der Waals surface area contributed by atoms with Gasteiger partial charge >= 0.3 is 0 Å². The minimum Gasteiger partial charge on any atom is -0.304 e. The second kappa shape index (κ2) is 13.8. The number of hydrogen-bond donors (Lipinski definition) is 0. The summed E-state index contributed by atoms with van der Waals surface area (Å²) in [4.78, 5) is 18.2. The molecule has 0 N–H and O–H groups in total. The van der Waals surface area contributed by atoms with E-state index in [0.29, 0.717) is 0 Å². The first-order chi connectivity index (χ1) is 16.6. The summed E-state index contributed by atoms with van der Waals surface area (Å²) in [5, 5.41) is 0. The molecule has 0 saturated heterocycles. The van der Waals surface area contributed by atoms with E-state index in [1.54, 1.807) is 0 Å². The zero-order valence-corrected chi connectivity index (χ0v) is 22.2. The Hall–Kier alpha value is -1.97. The number of nitrogens with zero attached hydrogens (tertiary/aromatic N) is 2. The number of rotatable bonds is 16. The molecule has 0 aromatic heterocycles. The van der Waals surface area contributed by atoms with E-state index in [-0.39, 0.29) is 5.78 Å². The van der Waals surface area contributed by atoms with Gasteiger partial charge in [0.05, 0.1) is 0 Å². The molecule has 0 saturated carbocycles. The number of hydrogen-bond acceptors (Lipinski definition) is 3. The SMILES string of the molecule is CCN(CC)CCCCCc1ccc2c(c1)C(=O)c1cc(CCCCCN(CC)CC)ccc1-2. The molecule has 0 radical (unpaired) electrons. The molecule has 1 aliphatic rings. The highest BCUT2D eigenvalue weighted by Gasteiger charge is 2.26. The van der Waals surface area contributed by atoms with Crippen molar-refractivity contribution in [3.63, 3.8) is 0 Å². The quantitative estimate of drug-likeness (QED) is 0.214. The molecule has 0 fully saturated rings. The van der Waals surface area contributed by atoms with Crippen molar-refractivity contribution < 1.29 is 4.79 Å². The number of carbonyl (C=O) groups excluding carboxylic acids is 1. The first-order valence-corrected chi connectivity index (χ1v) is 13.9. The molecule has 3 nitrogen and oxygen atoms in total. The van der Waals surface area contributed by atoms with E-state index >= 15 is 0 Å². The summed E-state index contributed by atoms with van der Waals surface area (Å²) in [6, 6.07) is 13.1. The third-order valence-electron chi connectivity index (χ3n) is 7.62. The summed E-state index contributed by atoms with van der Waals surface area (Å²) in [5.41, 5.74) is 6.67. The van der Waals surface area contributed by atoms with Crippen LogP contribution in [-0.4, -0.2) is 54.9 Å². The second-order valence-corrected chi connectivity index (χ2v) is 9.76. The van der Waals surface area contributed by atoms with Gasteiger partial charge in [0.2, 0.25) is 0 Å². The van der Waals surface area contributed by atoms with E-state index in [1.807, 2.05) is 0 Å². The number of fused-ring (bicyclic) bond motifs is 3. The molecule has 3 heteroatoms. The molecule has 0 unspecified atom stereocenters. The van der Waals surface area contributed by atoms with Crippen molar-refractivity contribution in [2.45, 2.75) is 79.1 Å². The van der Waals surface area contributed by atoms with Crippen molar-refractivity contribution in [3.05, 3.63) is 58.7 Å². The van der Waals surface area contributed by atoms with Crippen LogP contribution in [0.15, 0.2) is 36.4 Å². The van der Waals surface area contributed by atoms with Gasteiger partial charge in [-0.15, -0.1) is 0 Å². The lowest BCUT2D eigenvalue weighted by molar-refractivity contribution is 0.104. The van der Waals surface area contributed by atoms with E-state index in [2.05, 4.69) is 73.9 Å². The average molecular weight is 463 g/mol. The monoisotopic (exact) mass is 462 g/mol. The van der Waals surface area contributed by atoms with Crippen molar-refractivity contribution in [1.82, 2.24) is 9.80 Å². The minimum atomic E-state index is 0.219. The van der Waals surface area contributed by atoms with Gasteiger partial charge in [0.15, 0.2) is 5.78 Å². The zero-order valence-electron chi connectivity index (χ0n) is 22.2. The molecule has 0 spiro atoms. The molecule has 0 bridgehead atoms. The summed E-state index contributed by atoms with van der Waals surface area (Å²) >= 11 is 0. The Morgan fingerprint density at radius 1 is 0.529 bits per heavy atom. The Morgan fingerprint density at radius 2 is 0.941 bits per heavy atom. The molecular weight excluding hydrogens is 416 g/mol. The molecule has 1 aliphatic carbocycles. The van der Waals surface area contributed by atoms with Gasteiger partial charge in [-0.1, -0.05) is 64.8 Å². The lowest BCUT2D eigenvalue weighted by atomic mass is 9.99. The molecule has 0 aliphatic heterocycles. The number of carbonyl (C=O) groups is 1. The molecule has 2 aromatic carbocycles. The highest BCUT2D eigenvalue weighted by atomic mass is 16.1. The van der Waals surface area contributed by atoms with Gasteiger partial charge in [-0.3, -0.25) is 4.79 Å². The molecule has 0 amide bonds. The molecule has 2 aromatic rings. The van der Waals surface area contributed by atoms with Gasteiger partial charge in [-0.2, -0.15) is 0 Å². The van der Waals surface area contributed by atoms with Crippen molar-refractivity contribution in [2.24, 2.45) is 0 Å². The molecule has 0 atom stereocenters. The van der Waals surface area contributed by atoms with Crippen LogP contribution >= 0.6 is 0 Å². The van der Waals surface area contributed by atoms with Crippen LogP contribution in [0, 0.1) is 0 Å². The van der Waals surface area contributed by atoms with Crippen LogP contribution in [0.3, 0.4) is 0 Å². The second-order valence-electron chi connectivity index (χ2n) is 9.76. The topological polar surface area (TPSA) is 23.6 Å². The average Bonchev–Trinajstić information content (AvgIpc) is 3.14. The maximum atomic E-state index is 13.2. The summed E-state index contributed by atoms with van der Waals surface area (Å²) in [6.07, 6.45) is 9.53. The van der Waals surface area contributed by atoms with Crippen LogP contribution in [0.1, 0.15) is 93.3 Å². The lowest BCUT2D eigenvalue weighted by Gasteiger charge is -2.17. The largest absolute Gasteiger partial charge is 0.304 e. The van der Waals surface area contributed by atoms with Gasteiger partial charge in [-0.25, -0.2) is 0 Å². The zero-order chi connectivity index (χ0) is 24.3. The van der Waals surface area contributed by atoms with Gasteiger partial charge in [0.25, 0.3) is 0 Å². The standard InChI is InChI=1S/C31H46N2O/c1-5-32(6-2)21-13-9-11-15-25-17-19-27-28-20-18-26(24-30(28)31(34)29(27)23-25)16-12-10-14-22-33(7-3)8-4/h17-20,23-24H,5-16,21-22H2,1-4H3. The van der Waals surface area contributed by atoms with Crippen LogP contribution in [0.2, 0.25) is 0 Å². The molecule has 186 valence electrons. The first kappa shape index (κ1) is 26.6. The Morgan fingerprint density at radius 3 is 1.32 bits per heavy atom. The molecule has 34 heavy (non-hydrogen) atoms. The predicted molar refractivity (Wildman–Crippen MR) is 146 cm³/mol. The van der Waals surface area contributed by atoms with Gasteiger partial charge in [0.1, 0.15) is 0 Å². The van der Waals surface area contributed by atoms with Crippen molar-refractivity contribution in [1.29, 1.82) is 0 Å². The summed E-state index contributed by atoms with van der Waals surface area (Å²) in [7, 11) is 0. The normalized spacial score (nSPS) is 12.6. The number of benzene rings is 2. The van der Waals surface area contributed by atoms with E-state index in [4.69, 9.17) is 0 Å². The van der Waals surface area contributed by atoms with Crippen LogP contribution in [0.5, 0.6) is 0 Å². The van der Waals surface area contributed by atoms with Crippen molar-refractivity contribution in [3.8, 4) is 11.1 Å². The highest BCUT2D eigenvalue weighted by molar-refractivity contribution is 6.21. The van der Waals surface area contributed by atoms with E-state index < -0.39 is 0 Å². The van der Waals surface area contributed by atoms with Crippen molar-refractivity contribution in [2.75, 3.05) is 39.3 Å². The van der Waals surface area contributed by atoms with Gasteiger partial charge < -0.3 is 9.80 Å². The van der Waals surface area contributed by atoms with E-state index in [0.717, 1.165) is 61.3 Å². The third-order valence-corrected chi connectivity index (χ3v) is 7.62. The number of unbranched alkanes of at least 4 members (excludes halogenated alkanes) is 4. The van der Waals surface area contributed by atoms with E-state index in [1.165, 1.54) is 62.7 Å². The Bertz CT molecular complexity index is 838. The third kappa shape index (κ3) is 7.02. The molecule has 0 heterocycles. The number of aryl methyl sites for hydroxylation is 2. The summed E-state index contributed by atoms with van der Waals surface area (Å²) < 4.78 is 0. The van der Waals surface area contributed by atoms with Crippen LogP contribution < -0.4 is 0 Å². The van der Waals surface area contributed by atoms with Crippen LogP contribution in [-0.2, 0) is 12.8 Å². The maximum absolute atomic E-state index is 13.2. The van der Waals surface area contributed by atoms with Crippen LogP contribution in [0.25, 0.3) is 11.1 Å². The first-order valence-electron chi connectivity index (χ1n) is 13.9. The molecular formula is C31H46N2O. The minimum absolute atomic E-state index is 0.219. The van der Waals surface area contributed by atoms with Gasteiger partial charge in [0, 0.05) is 11.1 Å². The van der Waals surface area contributed by atoms with Crippen LogP contribution in [0.4, 0.5) is 0 Å². The Labute approximate surface area is 208 Å². The smallest absolute Gasteiger partial charge is 0.194 e. The number of ketones is 1. The Balaban J connectivity index is 1.50. The summed E-state index contributed by atoms with van der Waals surface area (Å²) in [5.74, 6) is 0.219. The fourth-order valence-electron chi connectivity index (χ4n) is 5.25. The highest BCUT2D eigenvalue weighted by Crippen LogP contribution is 2.37. The Kier molecular flexibility index (Phi) is 10.8. The fraction of sp³-hybridized carbons (Fsp3) is 0.581. The maximum Gasteiger partial charge on any atom is 0.194 e. The van der Waals surface area contributed by atoms with E-state index in [9.17, 15) is 4.79 Å². The fourth-order valence-corrected chi connectivity index (χ4v) is 5.25.